The van der Waals surface area contributed by atoms with Crippen molar-refractivity contribution in [2.24, 2.45) is 0 Å². The molecule has 0 aromatic carbocycles. The van der Waals surface area contributed by atoms with Crippen LogP contribution in [0, 0.1) is 0 Å². The summed E-state index contributed by atoms with van der Waals surface area (Å²) in [5.41, 5.74) is 0.721. The highest BCUT2D eigenvalue weighted by Crippen LogP contribution is 2.32. The molecule has 3 aromatic rings. The number of nitrogens with one attached hydrogen (secondary N) is 2. The lowest BCUT2D eigenvalue weighted by Gasteiger charge is -2.04. The summed E-state index contributed by atoms with van der Waals surface area (Å²) < 4.78 is 5.16. The van der Waals surface area contributed by atoms with Crippen LogP contribution in [0.2, 0.25) is 0 Å². The fourth-order valence-electron chi connectivity index (χ4n) is 1.63. The van der Waals surface area contributed by atoms with Gasteiger partial charge in [0.15, 0.2) is 9.99 Å². The first-order chi connectivity index (χ1) is 9.80. The first-order valence-corrected chi connectivity index (χ1v) is 7.84. The Morgan fingerprint density at radius 2 is 2.20 bits per heavy atom. The topological polar surface area (TPSA) is 92.3 Å². The van der Waals surface area contributed by atoms with Gasteiger partial charge in [-0.3, -0.25) is 5.10 Å². The summed E-state index contributed by atoms with van der Waals surface area (Å²) in [6, 6.07) is 0. The van der Waals surface area contributed by atoms with Crippen LogP contribution in [0.5, 0.6) is 0 Å². The van der Waals surface area contributed by atoms with E-state index in [0.717, 1.165) is 39.2 Å². The molecule has 7 nitrogen and oxygen atoms in total. The van der Waals surface area contributed by atoms with E-state index in [9.17, 15) is 0 Å². The Kier molecular flexibility index (Phi) is 3.79. The minimum absolute atomic E-state index is 0.590. The van der Waals surface area contributed by atoms with Gasteiger partial charge in [0.1, 0.15) is 10.9 Å². The van der Waals surface area contributed by atoms with Gasteiger partial charge in [0, 0.05) is 13.0 Å². The summed E-state index contributed by atoms with van der Waals surface area (Å²) >= 11 is 2.88. The zero-order chi connectivity index (χ0) is 13.9. The molecule has 0 amide bonds. The standard InChI is InChI=1S/C11H13N7S2/c1-3-7-14-11(20-18-7)19-9-6-5-13-17-8(6)15-10(16-9)12-4-2/h5H,3-4H2,1-2H3,(H2,12,13,15,16,17). The fraction of sp³-hybridized carbons (Fsp3) is 0.364. The molecule has 0 aliphatic heterocycles. The average molecular weight is 307 g/mol. The van der Waals surface area contributed by atoms with Gasteiger partial charge in [-0.25, -0.2) is 9.97 Å². The van der Waals surface area contributed by atoms with E-state index in [-0.39, 0.29) is 0 Å². The highest BCUT2D eigenvalue weighted by atomic mass is 32.2. The molecule has 0 fully saturated rings. The number of anilines is 1. The quantitative estimate of drug-likeness (QED) is 0.699. The van der Waals surface area contributed by atoms with Crippen LogP contribution in [-0.2, 0) is 6.42 Å². The first kappa shape index (κ1) is 13.3. The smallest absolute Gasteiger partial charge is 0.225 e. The number of H-pyrrole nitrogens is 1. The molecule has 2 N–H and O–H groups in total. The summed E-state index contributed by atoms with van der Waals surface area (Å²) in [4.78, 5) is 13.3. The van der Waals surface area contributed by atoms with E-state index >= 15 is 0 Å². The van der Waals surface area contributed by atoms with Crippen LogP contribution in [0.4, 0.5) is 5.95 Å². The van der Waals surface area contributed by atoms with E-state index in [4.69, 9.17) is 0 Å². The Hall–Kier alpha value is -1.74. The van der Waals surface area contributed by atoms with Crippen LogP contribution in [0.1, 0.15) is 19.7 Å². The van der Waals surface area contributed by atoms with Crippen molar-refractivity contribution < 1.29 is 0 Å². The molecule has 0 spiro atoms. The largest absolute Gasteiger partial charge is 0.354 e. The SMILES string of the molecule is CCNc1nc(Sc2nc(CC)ns2)c2cn[nH]c2n1. The molecule has 0 atom stereocenters. The number of hydrogen-bond donors (Lipinski definition) is 2. The van der Waals surface area contributed by atoms with Crippen molar-refractivity contribution in [3.05, 3.63) is 12.0 Å². The Morgan fingerprint density at radius 1 is 1.30 bits per heavy atom. The van der Waals surface area contributed by atoms with Crippen molar-refractivity contribution >= 4 is 40.3 Å². The molecule has 0 aliphatic carbocycles. The summed E-state index contributed by atoms with van der Waals surface area (Å²) in [5.74, 6) is 1.45. The predicted molar refractivity (Wildman–Crippen MR) is 79.3 cm³/mol. The maximum absolute atomic E-state index is 4.51. The van der Waals surface area contributed by atoms with Crippen molar-refractivity contribution in [1.29, 1.82) is 0 Å². The number of aryl methyl sites for hydroxylation is 1. The molecule has 0 saturated carbocycles. The van der Waals surface area contributed by atoms with E-state index < -0.39 is 0 Å². The minimum atomic E-state index is 0.590. The van der Waals surface area contributed by atoms with E-state index in [2.05, 4.69) is 34.8 Å². The van der Waals surface area contributed by atoms with Gasteiger partial charge in [-0.2, -0.15) is 14.5 Å². The third-order valence-corrected chi connectivity index (χ3v) is 4.35. The normalized spacial score (nSPS) is 11.1. The highest BCUT2D eigenvalue weighted by molar-refractivity contribution is 8.01. The number of aromatic nitrogens is 6. The predicted octanol–water partition coefficient (Wildman–Crippen LogP) is 2.35. The number of fused-ring (bicyclic) bond motifs is 1. The number of nitrogens with zero attached hydrogens (tertiary/aromatic N) is 5. The second-order valence-electron chi connectivity index (χ2n) is 3.95. The summed E-state index contributed by atoms with van der Waals surface area (Å²) in [7, 11) is 0. The molecule has 0 unspecified atom stereocenters. The zero-order valence-electron chi connectivity index (χ0n) is 11.0. The van der Waals surface area contributed by atoms with E-state index in [1.807, 2.05) is 13.8 Å². The monoisotopic (exact) mass is 307 g/mol. The average Bonchev–Trinajstić information content (AvgIpc) is 3.07. The van der Waals surface area contributed by atoms with Crippen LogP contribution in [-0.4, -0.2) is 36.1 Å². The van der Waals surface area contributed by atoms with E-state index in [0.29, 0.717) is 5.95 Å². The van der Waals surface area contributed by atoms with Gasteiger partial charge in [0.2, 0.25) is 5.95 Å². The number of rotatable bonds is 5. The summed E-state index contributed by atoms with van der Waals surface area (Å²) in [6.45, 7) is 4.81. The molecule has 3 aromatic heterocycles. The molecule has 0 aliphatic rings. The van der Waals surface area contributed by atoms with E-state index in [1.54, 1.807) is 6.20 Å². The molecular formula is C11H13N7S2. The molecule has 0 bridgehead atoms. The summed E-state index contributed by atoms with van der Waals surface area (Å²) in [5, 5.41) is 11.7. The van der Waals surface area contributed by atoms with E-state index in [1.165, 1.54) is 23.3 Å². The molecule has 104 valence electrons. The Labute approximate surface area is 123 Å². The second-order valence-corrected chi connectivity index (χ2v) is 5.93. The van der Waals surface area contributed by atoms with Gasteiger partial charge < -0.3 is 5.32 Å². The van der Waals surface area contributed by atoms with Crippen LogP contribution >= 0.6 is 23.3 Å². The number of aromatic amines is 1. The zero-order valence-corrected chi connectivity index (χ0v) is 12.7. The lowest BCUT2D eigenvalue weighted by molar-refractivity contribution is 0.970. The van der Waals surface area contributed by atoms with Gasteiger partial charge in [0.25, 0.3) is 0 Å². The van der Waals surface area contributed by atoms with Crippen LogP contribution in [0.25, 0.3) is 11.0 Å². The number of hydrogen-bond acceptors (Lipinski definition) is 8. The molecule has 3 rings (SSSR count). The highest BCUT2D eigenvalue weighted by Gasteiger charge is 2.13. The first-order valence-electron chi connectivity index (χ1n) is 6.25. The molecule has 9 heteroatoms. The van der Waals surface area contributed by atoms with Crippen molar-refractivity contribution in [3.8, 4) is 0 Å². The maximum Gasteiger partial charge on any atom is 0.225 e. The minimum Gasteiger partial charge on any atom is -0.354 e. The lowest BCUT2D eigenvalue weighted by atomic mass is 10.4. The van der Waals surface area contributed by atoms with Crippen LogP contribution in [0.3, 0.4) is 0 Å². The Bertz CT molecular complexity index is 720. The van der Waals surface area contributed by atoms with Gasteiger partial charge in [-0.05, 0) is 30.2 Å². The van der Waals surface area contributed by atoms with Gasteiger partial charge in [0.05, 0.1) is 11.6 Å². The van der Waals surface area contributed by atoms with Gasteiger partial charge in [-0.1, -0.05) is 6.92 Å². The van der Waals surface area contributed by atoms with Crippen molar-refractivity contribution in [1.82, 2.24) is 29.5 Å². The third-order valence-electron chi connectivity index (χ3n) is 2.56. The van der Waals surface area contributed by atoms with Crippen LogP contribution < -0.4 is 5.32 Å². The Morgan fingerprint density at radius 3 is 2.95 bits per heavy atom. The van der Waals surface area contributed by atoms with Crippen molar-refractivity contribution in [2.45, 2.75) is 29.6 Å². The van der Waals surface area contributed by atoms with Gasteiger partial charge >= 0.3 is 0 Å². The van der Waals surface area contributed by atoms with Crippen molar-refractivity contribution in [2.75, 3.05) is 11.9 Å². The molecule has 0 radical (unpaired) electrons. The van der Waals surface area contributed by atoms with Crippen molar-refractivity contribution in [3.63, 3.8) is 0 Å². The summed E-state index contributed by atoms with van der Waals surface area (Å²) in [6.07, 6.45) is 2.57. The lowest BCUT2D eigenvalue weighted by Crippen LogP contribution is -2.02. The molecular weight excluding hydrogens is 294 g/mol. The molecule has 0 saturated heterocycles. The molecule has 20 heavy (non-hydrogen) atoms. The maximum atomic E-state index is 4.51. The van der Waals surface area contributed by atoms with Crippen LogP contribution in [0.15, 0.2) is 15.6 Å². The van der Waals surface area contributed by atoms with Gasteiger partial charge in [-0.15, -0.1) is 0 Å². The third kappa shape index (κ3) is 2.59. The second kappa shape index (κ2) is 5.71. The fourth-order valence-corrected chi connectivity index (χ4v) is 3.33. The Balaban J connectivity index is 1.98. The molecule has 3 heterocycles.